The van der Waals surface area contributed by atoms with Gasteiger partial charge < -0.3 is 11.1 Å². The summed E-state index contributed by atoms with van der Waals surface area (Å²) in [4.78, 5) is 12.3. The first-order chi connectivity index (χ1) is 7.50. The molecule has 1 atom stereocenters. The second kappa shape index (κ2) is 4.02. The largest absolute Gasteiger partial charge is 0.349 e. The summed E-state index contributed by atoms with van der Waals surface area (Å²) in [5, 5.41) is 3.22. The maximum absolute atomic E-state index is 12.3. The fourth-order valence-electron chi connectivity index (χ4n) is 2.83. The smallest absolute Gasteiger partial charge is 0.226 e. The maximum atomic E-state index is 12.3. The van der Waals surface area contributed by atoms with Gasteiger partial charge in [0.05, 0.1) is 5.54 Å². The summed E-state index contributed by atoms with van der Waals surface area (Å²) < 4.78 is 0. The molecule has 0 aromatic carbocycles. The lowest BCUT2D eigenvalue weighted by Gasteiger charge is -2.34. The third-order valence-corrected chi connectivity index (χ3v) is 4.56. The second-order valence-electron chi connectivity index (χ2n) is 6.12. The van der Waals surface area contributed by atoms with Gasteiger partial charge in [-0.3, -0.25) is 4.79 Å². The molecule has 0 saturated heterocycles. The predicted octanol–water partition coefficient (Wildman–Crippen LogP) is 1.81. The van der Waals surface area contributed by atoms with Crippen molar-refractivity contribution < 1.29 is 4.79 Å². The van der Waals surface area contributed by atoms with Gasteiger partial charge in [-0.25, -0.2) is 0 Å². The highest BCUT2D eigenvalue weighted by Gasteiger charge is 2.45. The number of amides is 1. The Bertz CT molecular complexity index is 280. The van der Waals surface area contributed by atoms with Crippen molar-refractivity contribution in [2.45, 2.75) is 57.9 Å². The zero-order valence-corrected chi connectivity index (χ0v) is 10.5. The molecule has 3 N–H and O–H groups in total. The summed E-state index contributed by atoms with van der Waals surface area (Å²) in [5.41, 5.74) is 5.53. The van der Waals surface area contributed by atoms with E-state index in [4.69, 9.17) is 5.73 Å². The van der Waals surface area contributed by atoms with E-state index in [1.54, 1.807) is 0 Å². The van der Waals surface area contributed by atoms with Crippen LogP contribution in [0.25, 0.3) is 0 Å². The minimum Gasteiger partial charge on any atom is -0.349 e. The van der Waals surface area contributed by atoms with E-state index in [1.807, 2.05) is 0 Å². The predicted molar refractivity (Wildman–Crippen MR) is 64.9 cm³/mol. The molecule has 0 aromatic heterocycles. The van der Waals surface area contributed by atoms with Crippen LogP contribution >= 0.6 is 0 Å². The van der Waals surface area contributed by atoms with Crippen LogP contribution in [0.4, 0.5) is 0 Å². The molecule has 2 fully saturated rings. The molecule has 0 aliphatic heterocycles. The van der Waals surface area contributed by atoms with Crippen molar-refractivity contribution in [2.24, 2.45) is 17.1 Å². The normalized spacial score (nSPS) is 27.4. The van der Waals surface area contributed by atoms with E-state index in [1.165, 1.54) is 25.7 Å². The molecule has 0 bridgehead atoms. The molecule has 3 nitrogen and oxygen atoms in total. The van der Waals surface area contributed by atoms with Gasteiger partial charge in [0.15, 0.2) is 0 Å². The molecule has 2 rings (SSSR count). The van der Waals surface area contributed by atoms with E-state index in [-0.39, 0.29) is 16.9 Å². The average Bonchev–Trinajstić information content (AvgIpc) is 3.02. The van der Waals surface area contributed by atoms with Gasteiger partial charge in [0.25, 0.3) is 0 Å². The summed E-state index contributed by atoms with van der Waals surface area (Å²) in [6.45, 7) is 4.75. The van der Waals surface area contributed by atoms with E-state index >= 15 is 0 Å². The van der Waals surface area contributed by atoms with Gasteiger partial charge in [-0.1, -0.05) is 19.8 Å². The van der Waals surface area contributed by atoms with Gasteiger partial charge in [0.1, 0.15) is 0 Å². The van der Waals surface area contributed by atoms with Crippen LogP contribution in [0.1, 0.15) is 52.4 Å². The number of carbonyl (C=O) groups is 1. The molecule has 2 aliphatic carbocycles. The number of hydrogen-bond acceptors (Lipinski definition) is 2. The van der Waals surface area contributed by atoms with Crippen LogP contribution < -0.4 is 11.1 Å². The van der Waals surface area contributed by atoms with Crippen LogP contribution in [0.5, 0.6) is 0 Å². The standard InChI is InChI=1S/C13H24N2O/c1-12(7-3-4-8-12)11(16)15-13(2,9-14)10-5-6-10/h10H,3-9,14H2,1-2H3,(H,15,16). The summed E-state index contributed by atoms with van der Waals surface area (Å²) in [5.74, 6) is 0.830. The molecule has 0 heterocycles. The molecule has 0 spiro atoms. The summed E-state index contributed by atoms with van der Waals surface area (Å²) >= 11 is 0. The van der Waals surface area contributed by atoms with Crippen LogP contribution in [0, 0.1) is 11.3 Å². The number of rotatable bonds is 4. The molecule has 16 heavy (non-hydrogen) atoms. The molecule has 1 amide bonds. The van der Waals surface area contributed by atoms with Gasteiger partial charge in [-0.15, -0.1) is 0 Å². The van der Waals surface area contributed by atoms with E-state index < -0.39 is 0 Å². The third kappa shape index (κ3) is 2.10. The van der Waals surface area contributed by atoms with Crippen molar-refractivity contribution in [3.05, 3.63) is 0 Å². The third-order valence-electron chi connectivity index (χ3n) is 4.56. The number of nitrogens with two attached hydrogens (primary N) is 1. The number of hydrogen-bond donors (Lipinski definition) is 2. The van der Waals surface area contributed by atoms with Gasteiger partial charge in [-0.2, -0.15) is 0 Å². The molecule has 2 saturated carbocycles. The summed E-state index contributed by atoms with van der Waals surface area (Å²) in [7, 11) is 0. The number of nitrogens with one attached hydrogen (secondary N) is 1. The lowest BCUT2D eigenvalue weighted by molar-refractivity contribution is -0.132. The van der Waals surface area contributed by atoms with E-state index in [0.29, 0.717) is 12.5 Å². The number of carbonyl (C=O) groups excluding carboxylic acids is 1. The average molecular weight is 224 g/mol. The highest BCUT2D eigenvalue weighted by atomic mass is 16.2. The highest BCUT2D eigenvalue weighted by molar-refractivity contribution is 5.83. The topological polar surface area (TPSA) is 55.1 Å². The van der Waals surface area contributed by atoms with E-state index in [0.717, 1.165) is 12.8 Å². The van der Waals surface area contributed by atoms with Crippen molar-refractivity contribution in [2.75, 3.05) is 6.54 Å². The monoisotopic (exact) mass is 224 g/mol. The Kier molecular flexibility index (Phi) is 2.99. The Morgan fingerprint density at radius 3 is 2.44 bits per heavy atom. The first kappa shape index (κ1) is 11.9. The lowest BCUT2D eigenvalue weighted by Crippen LogP contribution is -2.56. The fourth-order valence-corrected chi connectivity index (χ4v) is 2.83. The highest BCUT2D eigenvalue weighted by Crippen LogP contribution is 2.42. The first-order valence-electron chi connectivity index (χ1n) is 6.53. The van der Waals surface area contributed by atoms with Crippen molar-refractivity contribution in [1.29, 1.82) is 0 Å². The molecule has 3 heteroatoms. The van der Waals surface area contributed by atoms with Gasteiger partial charge in [-0.05, 0) is 38.5 Å². The minimum absolute atomic E-state index is 0.134. The van der Waals surface area contributed by atoms with Gasteiger partial charge >= 0.3 is 0 Å². The van der Waals surface area contributed by atoms with Crippen molar-refractivity contribution in [1.82, 2.24) is 5.32 Å². The zero-order valence-electron chi connectivity index (χ0n) is 10.5. The van der Waals surface area contributed by atoms with Crippen LogP contribution in [-0.2, 0) is 4.79 Å². The molecular weight excluding hydrogens is 200 g/mol. The van der Waals surface area contributed by atoms with Crippen LogP contribution in [0.3, 0.4) is 0 Å². The molecular formula is C13H24N2O. The first-order valence-corrected chi connectivity index (χ1v) is 6.53. The van der Waals surface area contributed by atoms with Crippen molar-refractivity contribution in [3.63, 3.8) is 0 Å². The lowest BCUT2D eigenvalue weighted by atomic mass is 9.85. The quantitative estimate of drug-likeness (QED) is 0.765. The maximum Gasteiger partial charge on any atom is 0.226 e. The Morgan fingerprint density at radius 1 is 1.44 bits per heavy atom. The second-order valence-corrected chi connectivity index (χ2v) is 6.12. The Labute approximate surface area is 98.2 Å². The van der Waals surface area contributed by atoms with Gasteiger partial charge in [0.2, 0.25) is 5.91 Å². The van der Waals surface area contributed by atoms with E-state index in [9.17, 15) is 4.79 Å². The fraction of sp³-hybridized carbons (Fsp3) is 0.923. The van der Waals surface area contributed by atoms with Crippen LogP contribution in [-0.4, -0.2) is 18.0 Å². The Morgan fingerprint density at radius 2 is 2.00 bits per heavy atom. The summed E-state index contributed by atoms with van der Waals surface area (Å²) in [6.07, 6.45) is 6.86. The van der Waals surface area contributed by atoms with Crippen LogP contribution in [0.2, 0.25) is 0 Å². The SMILES string of the molecule is CC1(C(=O)NC(C)(CN)C2CC2)CCCC1. The molecule has 0 radical (unpaired) electrons. The molecule has 2 aliphatic rings. The minimum atomic E-state index is -0.164. The molecule has 0 aromatic rings. The van der Waals surface area contributed by atoms with Crippen molar-refractivity contribution in [3.8, 4) is 0 Å². The Hall–Kier alpha value is -0.570. The molecule has 1 unspecified atom stereocenters. The van der Waals surface area contributed by atoms with E-state index in [2.05, 4.69) is 19.2 Å². The molecule has 92 valence electrons. The van der Waals surface area contributed by atoms with Gasteiger partial charge in [0, 0.05) is 12.0 Å². The van der Waals surface area contributed by atoms with Crippen LogP contribution in [0.15, 0.2) is 0 Å². The zero-order chi connectivity index (χ0) is 11.8. The Balaban J connectivity index is 2.00. The van der Waals surface area contributed by atoms with Crippen molar-refractivity contribution >= 4 is 5.91 Å². The summed E-state index contributed by atoms with van der Waals surface area (Å²) in [6, 6.07) is 0.